The van der Waals surface area contributed by atoms with Gasteiger partial charge >= 0.3 is 5.97 Å². The Morgan fingerprint density at radius 3 is 3.00 bits per heavy atom. The van der Waals surface area contributed by atoms with Gasteiger partial charge in [-0.1, -0.05) is 0 Å². The molecule has 0 amide bonds. The van der Waals surface area contributed by atoms with Gasteiger partial charge in [-0.25, -0.2) is 4.79 Å². The molecule has 0 N–H and O–H groups in total. The maximum atomic E-state index is 11.5. The summed E-state index contributed by atoms with van der Waals surface area (Å²) in [5.74, 6) is -0.229. The number of carbonyl (C=O) groups is 1. The molecule has 2 rings (SSSR count). The van der Waals surface area contributed by atoms with Crippen LogP contribution in [0.4, 0.5) is 0 Å². The molecule has 0 aliphatic heterocycles. The Morgan fingerprint density at radius 1 is 1.53 bits per heavy atom. The molecule has 0 unspecified atom stereocenters. The average Bonchev–Trinajstić information content (AvgIpc) is 2.59. The van der Waals surface area contributed by atoms with Crippen LogP contribution in [-0.4, -0.2) is 17.1 Å². The molecule has 2 aromatic rings. The zero-order chi connectivity index (χ0) is 10.8. The maximum absolute atomic E-state index is 11.5. The molecular weight excluding hydrogens is 194 g/mol. The molecule has 0 aromatic carbocycles. The second-order valence-electron chi connectivity index (χ2n) is 3.48. The third-order valence-corrected chi connectivity index (χ3v) is 1.86. The van der Waals surface area contributed by atoms with Crippen molar-refractivity contribution in [2.45, 2.75) is 20.0 Å². The summed E-state index contributed by atoms with van der Waals surface area (Å²) in [5, 5.41) is 0.799. The van der Waals surface area contributed by atoms with Gasteiger partial charge < -0.3 is 9.15 Å². The highest BCUT2D eigenvalue weighted by atomic mass is 16.6. The first-order valence-electron chi connectivity index (χ1n) is 4.71. The fourth-order valence-electron chi connectivity index (χ4n) is 1.26. The number of fused-ring (bicyclic) bond motifs is 1. The standard InChI is InChI=1S/C11H11NO3/c1-7(2)14-11(13)10-5-8-6-12-4-3-9(8)15-10/h3-7H,1-2H3. The van der Waals surface area contributed by atoms with Crippen LogP contribution in [0.1, 0.15) is 24.4 Å². The van der Waals surface area contributed by atoms with Crippen molar-refractivity contribution in [1.82, 2.24) is 4.98 Å². The molecule has 2 heterocycles. The Kier molecular flexibility index (Phi) is 2.41. The number of aromatic nitrogens is 1. The molecule has 0 aliphatic carbocycles. The number of rotatable bonds is 2. The molecule has 0 saturated carbocycles. The molecule has 0 bridgehead atoms. The summed E-state index contributed by atoms with van der Waals surface area (Å²) >= 11 is 0. The average molecular weight is 205 g/mol. The van der Waals surface area contributed by atoms with Crippen LogP contribution in [0, 0.1) is 0 Å². The molecule has 78 valence electrons. The smallest absolute Gasteiger partial charge is 0.374 e. The van der Waals surface area contributed by atoms with E-state index in [9.17, 15) is 4.79 Å². The zero-order valence-electron chi connectivity index (χ0n) is 8.56. The number of carbonyl (C=O) groups excluding carboxylic acids is 1. The monoisotopic (exact) mass is 205 g/mol. The molecule has 4 nitrogen and oxygen atoms in total. The molecular formula is C11H11NO3. The Labute approximate surface area is 86.9 Å². The Bertz CT molecular complexity index is 454. The SMILES string of the molecule is CC(C)OC(=O)c1cc2cnccc2o1. The minimum Gasteiger partial charge on any atom is -0.457 e. The van der Waals surface area contributed by atoms with Crippen molar-refractivity contribution in [1.29, 1.82) is 0 Å². The van der Waals surface area contributed by atoms with Crippen LogP contribution in [0.3, 0.4) is 0 Å². The number of hydrogen-bond acceptors (Lipinski definition) is 4. The molecule has 0 saturated heterocycles. The van der Waals surface area contributed by atoms with Gasteiger partial charge in [0.2, 0.25) is 5.76 Å². The minimum atomic E-state index is -0.443. The van der Waals surface area contributed by atoms with Crippen molar-refractivity contribution in [2.24, 2.45) is 0 Å². The van der Waals surface area contributed by atoms with Gasteiger partial charge in [-0.2, -0.15) is 0 Å². The minimum absolute atomic E-state index is 0.149. The van der Waals surface area contributed by atoms with Crippen molar-refractivity contribution < 1.29 is 13.9 Å². The molecule has 0 spiro atoms. The quantitative estimate of drug-likeness (QED) is 0.706. The first-order chi connectivity index (χ1) is 7.16. The van der Waals surface area contributed by atoms with Crippen LogP contribution in [0.15, 0.2) is 28.9 Å². The molecule has 0 aliphatic rings. The van der Waals surface area contributed by atoms with Gasteiger partial charge in [0.25, 0.3) is 0 Å². The lowest BCUT2D eigenvalue weighted by atomic mass is 10.3. The van der Waals surface area contributed by atoms with E-state index < -0.39 is 5.97 Å². The van der Waals surface area contributed by atoms with Crippen LogP contribution in [0.25, 0.3) is 11.0 Å². The predicted molar refractivity (Wildman–Crippen MR) is 54.6 cm³/mol. The van der Waals surface area contributed by atoms with E-state index in [4.69, 9.17) is 9.15 Å². The van der Waals surface area contributed by atoms with Gasteiger partial charge in [0.1, 0.15) is 5.58 Å². The molecule has 0 fully saturated rings. The van der Waals surface area contributed by atoms with Gasteiger partial charge in [-0.15, -0.1) is 0 Å². The second kappa shape index (κ2) is 3.73. The van der Waals surface area contributed by atoms with Crippen molar-refractivity contribution in [2.75, 3.05) is 0 Å². The van der Waals surface area contributed by atoms with E-state index in [0.717, 1.165) is 5.39 Å². The number of ether oxygens (including phenoxy) is 1. The summed E-state index contributed by atoms with van der Waals surface area (Å²) < 4.78 is 10.3. The van der Waals surface area contributed by atoms with Crippen LogP contribution in [0.5, 0.6) is 0 Å². The van der Waals surface area contributed by atoms with E-state index in [2.05, 4.69) is 4.98 Å². The lowest BCUT2D eigenvalue weighted by Crippen LogP contribution is -2.10. The normalized spacial score (nSPS) is 10.9. The molecule has 0 radical (unpaired) electrons. The van der Waals surface area contributed by atoms with E-state index in [1.54, 1.807) is 38.4 Å². The Balaban J connectivity index is 2.32. The van der Waals surface area contributed by atoms with Crippen LogP contribution in [-0.2, 0) is 4.74 Å². The third kappa shape index (κ3) is 1.98. The molecule has 0 atom stereocenters. The highest BCUT2D eigenvalue weighted by Gasteiger charge is 2.14. The first-order valence-corrected chi connectivity index (χ1v) is 4.71. The summed E-state index contributed by atoms with van der Waals surface area (Å²) in [5.41, 5.74) is 0.640. The largest absolute Gasteiger partial charge is 0.457 e. The highest BCUT2D eigenvalue weighted by molar-refractivity contribution is 5.92. The zero-order valence-corrected chi connectivity index (χ0v) is 8.56. The number of esters is 1. The molecule has 2 aromatic heterocycles. The van der Waals surface area contributed by atoms with Crippen LogP contribution in [0.2, 0.25) is 0 Å². The number of nitrogens with zero attached hydrogens (tertiary/aromatic N) is 1. The maximum Gasteiger partial charge on any atom is 0.374 e. The van der Waals surface area contributed by atoms with E-state index in [1.165, 1.54) is 0 Å². The fourth-order valence-corrected chi connectivity index (χ4v) is 1.26. The topological polar surface area (TPSA) is 52.3 Å². The van der Waals surface area contributed by atoms with Gasteiger partial charge in [-0.3, -0.25) is 4.98 Å². The van der Waals surface area contributed by atoms with Gasteiger partial charge in [0.05, 0.1) is 6.10 Å². The van der Waals surface area contributed by atoms with E-state index in [0.29, 0.717) is 5.58 Å². The van der Waals surface area contributed by atoms with Crippen LogP contribution < -0.4 is 0 Å². The first kappa shape index (κ1) is 9.71. The number of pyridine rings is 1. The lowest BCUT2D eigenvalue weighted by molar-refractivity contribution is 0.0344. The van der Waals surface area contributed by atoms with E-state index in [1.807, 2.05) is 0 Å². The summed E-state index contributed by atoms with van der Waals surface area (Å²) in [7, 11) is 0. The summed E-state index contributed by atoms with van der Waals surface area (Å²) in [4.78, 5) is 15.4. The van der Waals surface area contributed by atoms with Crippen LogP contribution >= 0.6 is 0 Å². The summed E-state index contributed by atoms with van der Waals surface area (Å²) in [6.45, 7) is 3.59. The third-order valence-electron chi connectivity index (χ3n) is 1.86. The van der Waals surface area contributed by atoms with Gasteiger partial charge in [0, 0.05) is 23.8 Å². The number of furan rings is 1. The Hall–Kier alpha value is -1.84. The summed E-state index contributed by atoms with van der Waals surface area (Å²) in [6, 6.07) is 3.34. The fraction of sp³-hybridized carbons (Fsp3) is 0.273. The van der Waals surface area contributed by atoms with Crippen molar-refractivity contribution in [3.8, 4) is 0 Å². The van der Waals surface area contributed by atoms with Gasteiger partial charge in [0.15, 0.2) is 0 Å². The molecule has 4 heteroatoms. The molecule has 15 heavy (non-hydrogen) atoms. The number of hydrogen-bond donors (Lipinski definition) is 0. The second-order valence-corrected chi connectivity index (χ2v) is 3.48. The predicted octanol–water partition coefficient (Wildman–Crippen LogP) is 2.39. The Morgan fingerprint density at radius 2 is 2.33 bits per heavy atom. The van der Waals surface area contributed by atoms with Crippen molar-refractivity contribution >= 4 is 16.9 Å². The summed E-state index contributed by atoms with van der Waals surface area (Å²) in [6.07, 6.45) is 3.11. The van der Waals surface area contributed by atoms with E-state index >= 15 is 0 Å². The van der Waals surface area contributed by atoms with Crippen molar-refractivity contribution in [3.05, 3.63) is 30.3 Å². The van der Waals surface area contributed by atoms with Crippen molar-refractivity contribution in [3.63, 3.8) is 0 Å². The van der Waals surface area contributed by atoms with Gasteiger partial charge in [-0.05, 0) is 19.9 Å². The lowest BCUT2D eigenvalue weighted by Gasteiger charge is -2.04. The highest BCUT2D eigenvalue weighted by Crippen LogP contribution is 2.18. The van der Waals surface area contributed by atoms with E-state index in [-0.39, 0.29) is 11.9 Å².